The molecule has 1 aliphatic carbocycles. The third kappa shape index (κ3) is 3.57. The van der Waals surface area contributed by atoms with Gasteiger partial charge in [0.1, 0.15) is 0 Å². The second-order valence-corrected chi connectivity index (χ2v) is 5.93. The molecule has 0 aliphatic heterocycles. The van der Waals surface area contributed by atoms with Crippen LogP contribution in [0.25, 0.3) is 0 Å². The van der Waals surface area contributed by atoms with Gasteiger partial charge in [-0.05, 0) is 47.8 Å². The Balaban J connectivity index is 1.91. The molecule has 0 spiro atoms. The summed E-state index contributed by atoms with van der Waals surface area (Å²) in [5.41, 5.74) is 0. The second kappa shape index (κ2) is 5.80. The van der Waals surface area contributed by atoms with Crippen LogP contribution in [0.2, 0.25) is 0 Å². The van der Waals surface area contributed by atoms with Crippen LogP contribution in [0, 0.1) is 9.49 Å². The molecule has 0 bridgehead atoms. The second-order valence-electron chi connectivity index (χ2n) is 4.68. The summed E-state index contributed by atoms with van der Waals surface area (Å²) in [5, 5.41) is 3.44. The Bertz CT molecular complexity index is 326. The summed E-state index contributed by atoms with van der Waals surface area (Å²) in [7, 11) is 0. The van der Waals surface area contributed by atoms with Gasteiger partial charge in [-0.3, -0.25) is 0 Å². The van der Waals surface area contributed by atoms with Crippen LogP contribution in [0.1, 0.15) is 39.0 Å². The van der Waals surface area contributed by atoms with Gasteiger partial charge >= 0.3 is 0 Å². The Hall–Kier alpha value is -0.390. The monoisotopic (exact) mass is 331 g/mol. The van der Waals surface area contributed by atoms with Crippen LogP contribution in [-0.2, 0) is 0 Å². The van der Waals surface area contributed by atoms with E-state index in [9.17, 15) is 0 Å². The first kappa shape index (κ1) is 12.1. The molecule has 0 saturated heterocycles. The minimum Gasteiger partial charge on any atom is -0.351 e. The zero-order valence-electron chi connectivity index (χ0n) is 9.62. The third-order valence-electron chi connectivity index (χ3n) is 3.21. The molecular weight excluding hydrogens is 313 g/mol. The van der Waals surface area contributed by atoms with Crippen molar-refractivity contribution in [2.75, 3.05) is 5.32 Å². The molecule has 0 radical (unpaired) electrons. The van der Waals surface area contributed by atoms with E-state index in [1.165, 1.54) is 32.1 Å². The summed E-state index contributed by atoms with van der Waals surface area (Å²) in [5.74, 6) is 1.66. The number of anilines is 1. The highest BCUT2D eigenvalue weighted by atomic mass is 127. The van der Waals surface area contributed by atoms with Crippen molar-refractivity contribution in [3.63, 3.8) is 0 Å². The molecule has 1 N–H and O–H groups in total. The maximum Gasteiger partial charge on any atom is 0.222 e. The largest absolute Gasteiger partial charge is 0.351 e. The minimum absolute atomic E-state index is 0.560. The lowest BCUT2D eigenvalue weighted by Gasteiger charge is -2.15. The Morgan fingerprint density at radius 1 is 1.19 bits per heavy atom. The van der Waals surface area contributed by atoms with Crippen molar-refractivity contribution in [3.8, 4) is 0 Å². The highest BCUT2D eigenvalue weighted by Gasteiger charge is 2.16. The number of nitrogens with one attached hydrogen (secondary N) is 1. The highest BCUT2D eigenvalue weighted by Crippen LogP contribution is 2.24. The van der Waals surface area contributed by atoms with Gasteiger partial charge in [0, 0.05) is 22.0 Å². The molecule has 0 amide bonds. The maximum absolute atomic E-state index is 4.29. The van der Waals surface area contributed by atoms with Crippen LogP contribution < -0.4 is 5.32 Å². The van der Waals surface area contributed by atoms with Crippen LogP contribution in [0.5, 0.6) is 0 Å². The molecule has 2 unspecified atom stereocenters. The first-order valence-electron chi connectivity index (χ1n) is 5.98. The summed E-state index contributed by atoms with van der Waals surface area (Å²) in [4.78, 5) is 8.58. The summed E-state index contributed by atoms with van der Waals surface area (Å²) < 4.78 is 1.08. The van der Waals surface area contributed by atoms with E-state index < -0.39 is 0 Å². The fourth-order valence-corrected chi connectivity index (χ4v) is 2.48. The molecule has 1 saturated carbocycles. The average Bonchev–Trinajstić information content (AvgIpc) is 2.47. The Morgan fingerprint density at radius 2 is 1.94 bits per heavy atom. The van der Waals surface area contributed by atoms with Crippen LogP contribution in [0.15, 0.2) is 12.4 Å². The maximum atomic E-state index is 4.29. The molecule has 0 aromatic carbocycles. The van der Waals surface area contributed by atoms with Gasteiger partial charge in [0.25, 0.3) is 0 Å². The summed E-state index contributed by atoms with van der Waals surface area (Å²) in [6.45, 7) is 2.35. The number of rotatable bonds is 2. The third-order valence-corrected chi connectivity index (χ3v) is 3.77. The quantitative estimate of drug-likeness (QED) is 0.666. The lowest BCUT2D eigenvalue weighted by Crippen LogP contribution is -2.20. The molecule has 88 valence electrons. The van der Waals surface area contributed by atoms with Crippen LogP contribution >= 0.6 is 22.6 Å². The predicted octanol–water partition coefficient (Wildman–Crippen LogP) is 3.46. The van der Waals surface area contributed by atoms with E-state index in [0.717, 1.165) is 15.4 Å². The molecule has 1 fully saturated rings. The Kier molecular flexibility index (Phi) is 4.37. The van der Waals surface area contributed by atoms with Gasteiger partial charge < -0.3 is 5.32 Å². The first-order chi connectivity index (χ1) is 7.74. The summed E-state index contributed by atoms with van der Waals surface area (Å²) in [6.07, 6.45) is 10.2. The van der Waals surface area contributed by atoms with Gasteiger partial charge in [-0.1, -0.05) is 19.8 Å². The average molecular weight is 331 g/mol. The van der Waals surface area contributed by atoms with Crippen LogP contribution in [0.3, 0.4) is 0 Å². The van der Waals surface area contributed by atoms with Gasteiger partial charge in [-0.2, -0.15) is 0 Å². The molecule has 4 heteroatoms. The van der Waals surface area contributed by atoms with Crippen molar-refractivity contribution < 1.29 is 0 Å². The number of nitrogens with zero attached hydrogens (tertiary/aromatic N) is 2. The van der Waals surface area contributed by atoms with Gasteiger partial charge in [-0.25, -0.2) is 9.97 Å². The summed E-state index contributed by atoms with van der Waals surface area (Å²) >= 11 is 2.22. The standard InChI is InChI=1S/C12H18IN3/c1-9-3-2-4-11(6-5-9)16-12-14-7-10(13)8-15-12/h7-9,11H,2-6H2,1H3,(H,14,15,16). The van der Waals surface area contributed by atoms with Crippen molar-refractivity contribution >= 4 is 28.5 Å². The van der Waals surface area contributed by atoms with Crippen molar-refractivity contribution in [2.45, 2.75) is 45.1 Å². The summed E-state index contributed by atoms with van der Waals surface area (Å²) in [6, 6.07) is 0.560. The SMILES string of the molecule is CC1CCCC(Nc2ncc(I)cn2)CC1. The van der Waals surface area contributed by atoms with E-state index in [4.69, 9.17) is 0 Å². The number of hydrogen-bond acceptors (Lipinski definition) is 3. The van der Waals surface area contributed by atoms with E-state index in [1.807, 2.05) is 12.4 Å². The number of hydrogen-bond donors (Lipinski definition) is 1. The van der Waals surface area contributed by atoms with Crippen molar-refractivity contribution in [1.82, 2.24) is 9.97 Å². The van der Waals surface area contributed by atoms with Crippen molar-refractivity contribution in [1.29, 1.82) is 0 Å². The van der Waals surface area contributed by atoms with E-state index >= 15 is 0 Å². The Labute approximate surface area is 111 Å². The first-order valence-corrected chi connectivity index (χ1v) is 7.06. The van der Waals surface area contributed by atoms with E-state index in [2.05, 4.69) is 44.8 Å². The molecule has 2 rings (SSSR count). The van der Waals surface area contributed by atoms with E-state index in [0.29, 0.717) is 6.04 Å². The van der Waals surface area contributed by atoms with Crippen LogP contribution in [-0.4, -0.2) is 16.0 Å². The van der Waals surface area contributed by atoms with Gasteiger partial charge in [0.05, 0.1) is 0 Å². The smallest absolute Gasteiger partial charge is 0.222 e. The molecule has 2 atom stereocenters. The van der Waals surface area contributed by atoms with Gasteiger partial charge in [-0.15, -0.1) is 0 Å². The van der Waals surface area contributed by atoms with Crippen LogP contribution in [0.4, 0.5) is 5.95 Å². The zero-order valence-corrected chi connectivity index (χ0v) is 11.8. The normalized spacial score (nSPS) is 26.1. The number of halogens is 1. The molecule has 1 aromatic rings. The molecule has 1 aliphatic rings. The van der Waals surface area contributed by atoms with E-state index in [-0.39, 0.29) is 0 Å². The lowest BCUT2D eigenvalue weighted by atomic mass is 10.0. The van der Waals surface area contributed by atoms with E-state index in [1.54, 1.807) is 0 Å². The molecule has 1 heterocycles. The van der Waals surface area contributed by atoms with Crippen molar-refractivity contribution in [2.24, 2.45) is 5.92 Å². The molecular formula is C12H18IN3. The molecule has 16 heavy (non-hydrogen) atoms. The number of aromatic nitrogens is 2. The topological polar surface area (TPSA) is 37.8 Å². The zero-order chi connectivity index (χ0) is 11.4. The van der Waals surface area contributed by atoms with Gasteiger partial charge in [0.2, 0.25) is 5.95 Å². The van der Waals surface area contributed by atoms with Crippen molar-refractivity contribution in [3.05, 3.63) is 16.0 Å². The molecule has 3 nitrogen and oxygen atoms in total. The fraction of sp³-hybridized carbons (Fsp3) is 0.667. The highest BCUT2D eigenvalue weighted by molar-refractivity contribution is 14.1. The fourth-order valence-electron chi connectivity index (χ4n) is 2.20. The Morgan fingerprint density at radius 3 is 2.69 bits per heavy atom. The molecule has 1 aromatic heterocycles. The predicted molar refractivity (Wildman–Crippen MR) is 74.4 cm³/mol. The van der Waals surface area contributed by atoms with Gasteiger partial charge in [0.15, 0.2) is 0 Å². The lowest BCUT2D eigenvalue weighted by molar-refractivity contribution is 0.501. The minimum atomic E-state index is 0.560.